The molecule has 8 nitrogen and oxygen atoms in total. The summed E-state index contributed by atoms with van der Waals surface area (Å²) in [5.41, 5.74) is 0. The van der Waals surface area contributed by atoms with Crippen LogP contribution in [-0.2, 0) is 27.9 Å². The summed E-state index contributed by atoms with van der Waals surface area (Å²) < 4.78 is 33.8. The lowest BCUT2D eigenvalue weighted by Crippen LogP contribution is -2.37. The molecule has 2 atom stereocenters. The second-order valence-corrected chi connectivity index (χ2v) is 16.1. The van der Waals surface area contributed by atoms with E-state index in [0.29, 0.717) is 24.1 Å². The van der Waals surface area contributed by atoms with Gasteiger partial charge in [-0.25, -0.2) is 0 Å². The number of rotatable bonds is 37. The highest BCUT2D eigenvalue weighted by Crippen LogP contribution is 2.38. The lowest BCUT2D eigenvalue weighted by molar-refractivity contribution is -0.870. The molecule has 0 N–H and O–H groups in total. The maximum Gasteiger partial charge on any atom is 0.306 e. The van der Waals surface area contributed by atoms with Crippen molar-refractivity contribution in [2.75, 3.05) is 54.1 Å². The Kier molecular flexibility index (Phi) is 33.4. The molecular weight excluding hydrogens is 637 g/mol. The molecule has 0 aliphatic rings. The second-order valence-electron chi connectivity index (χ2n) is 14.6. The van der Waals surface area contributed by atoms with Crippen LogP contribution in [0.25, 0.3) is 0 Å². The van der Waals surface area contributed by atoms with Gasteiger partial charge in [0.1, 0.15) is 19.3 Å². The number of unbranched alkanes of at least 4 members (excludes halogenated alkanes) is 19. The number of carbonyl (C=O) groups is 1. The molecule has 0 bridgehead atoms. The fraction of sp³-hybridized carbons (Fsp3) is 0.875. The monoisotopic (exact) mass is 716 g/mol. The van der Waals surface area contributed by atoms with Crippen molar-refractivity contribution in [3.8, 4) is 0 Å². The number of quaternary nitrogens is 1. The molecule has 290 valence electrons. The summed E-state index contributed by atoms with van der Waals surface area (Å²) in [5, 5.41) is 0. The third kappa shape index (κ3) is 38.1. The van der Waals surface area contributed by atoms with Gasteiger partial charge in [0.05, 0.1) is 34.4 Å². The minimum atomic E-state index is -4.49. The molecule has 0 aromatic rings. The molecule has 0 saturated heterocycles. The zero-order valence-corrected chi connectivity index (χ0v) is 33.5. The maximum atomic E-state index is 12.1. The lowest BCUT2D eigenvalue weighted by Gasteiger charge is -2.28. The number of likely N-dealkylation sites (N-methyl/N-ethyl adjacent to an activating group) is 1. The van der Waals surface area contributed by atoms with Crippen molar-refractivity contribution < 1.29 is 37.3 Å². The molecule has 0 heterocycles. The number of carbonyl (C=O) groups excluding carboxylic acids is 1. The van der Waals surface area contributed by atoms with Crippen molar-refractivity contribution >= 4 is 13.8 Å². The van der Waals surface area contributed by atoms with Gasteiger partial charge in [-0.1, -0.05) is 141 Å². The number of phosphoric ester groups is 1. The highest BCUT2D eigenvalue weighted by atomic mass is 31.2. The summed E-state index contributed by atoms with van der Waals surface area (Å²) in [6.45, 7) is 5.04. The Morgan fingerprint density at radius 3 is 1.61 bits per heavy atom. The Morgan fingerprint density at radius 2 is 1.12 bits per heavy atom. The van der Waals surface area contributed by atoms with Crippen LogP contribution in [0, 0.1) is 0 Å². The average molecular weight is 716 g/mol. The van der Waals surface area contributed by atoms with Crippen molar-refractivity contribution in [2.24, 2.45) is 0 Å². The third-order valence-corrected chi connectivity index (χ3v) is 9.44. The summed E-state index contributed by atoms with van der Waals surface area (Å²) in [6, 6.07) is 0. The van der Waals surface area contributed by atoms with Gasteiger partial charge < -0.3 is 27.9 Å². The first-order valence-electron chi connectivity index (χ1n) is 20.1. The smallest absolute Gasteiger partial charge is 0.306 e. The standard InChI is InChI=1S/C40H78NO7P/c1-6-8-9-10-11-12-13-14-15-16-17-18-19-20-21-22-23-24-25-26-27-28-29-30-31-32-35-45-37-39(48-40(42)33-7-2)38-47-49(43,44)46-36-34-41(3,4)5/h13-14,16-17,39H,6-12,15,18-38H2,1-5H3/b14-13-,17-16-. The molecule has 0 amide bonds. The molecule has 2 unspecified atom stereocenters. The molecule has 0 aliphatic carbocycles. The molecule has 0 rings (SSSR count). The Labute approximate surface area is 303 Å². The van der Waals surface area contributed by atoms with Crippen LogP contribution in [0.2, 0.25) is 0 Å². The van der Waals surface area contributed by atoms with Crippen LogP contribution in [0.4, 0.5) is 0 Å². The molecule has 0 spiro atoms. The van der Waals surface area contributed by atoms with Gasteiger partial charge in [-0.2, -0.15) is 0 Å². The Morgan fingerprint density at radius 1 is 0.633 bits per heavy atom. The molecule has 0 saturated carbocycles. The van der Waals surface area contributed by atoms with Gasteiger partial charge in [0.25, 0.3) is 7.82 Å². The Balaban J connectivity index is 3.68. The first-order chi connectivity index (χ1) is 23.6. The molecular formula is C40H78NO7P. The minimum Gasteiger partial charge on any atom is -0.756 e. The van der Waals surface area contributed by atoms with Crippen LogP contribution in [-0.4, -0.2) is 70.7 Å². The van der Waals surface area contributed by atoms with Gasteiger partial charge in [0, 0.05) is 13.0 Å². The maximum absolute atomic E-state index is 12.1. The number of hydrogen-bond donors (Lipinski definition) is 0. The third-order valence-electron chi connectivity index (χ3n) is 8.48. The van der Waals surface area contributed by atoms with Crippen LogP contribution in [0.5, 0.6) is 0 Å². The van der Waals surface area contributed by atoms with Gasteiger partial charge >= 0.3 is 5.97 Å². The van der Waals surface area contributed by atoms with E-state index in [4.69, 9.17) is 18.5 Å². The summed E-state index contributed by atoms with van der Waals surface area (Å²) >= 11 is 0. The number of nitrogens with zero attached hydrogens (tertiary/aromatic N) is 1. The summed E-state index contributed by atoms with van der Waals surface area (Å²) in [4.78, 5) is 24.1. The number of hydrogen-bond acceptors (Lipinski definition) is 7. The van der Waals surface area contributed by atoms with Crippen LogP contribution in [0.3, 0.4) is 0 Å². The van der Waals surface area contributed by atoms with Crippen molar-refractivity contribution in [3.63, 3.8) is 0 Å². The van der Waals surface area contributed by atoms with E-state index >= 15 is 0 Å². The van der Waals surface area contributed by atoms with Crippen LogP contribution in [0.1, 0.15) is 168 Å². The molecule has 49 heavy (non-hydrogen) atoms. The van der Waals surface area contributed by atoms with E-state index in [1.54, 1.807) is 0 Å². The predicted molar refractivity (Wildman–Crippen MR) is 204 cm³/mol. The van der Waals surface area contributed by atoms with Crippen molar-refractivity contribution in [3.05, 3.63) is 24.3 Å². The quantitative estimate of drug-likeness (QED) is 0.0208. The Hall–Kier alpha value is -1.02. The second kappa shape index (κ2) is 34.1. The van der Waals surface area contributed by atoms with Crippen molar-refractivity contribution in [2.45, 2.75) is 174 Å². The average Bonchev–Trinajstić information content (AvgIpc) is 3.04. The van der Waals surface area contributed by atoms with E-state index in [1.165, 1.54) is 122 Å². The van der Waals surface area contributed by atoms with Gasteiger partial charge in [-0.3, -0.25) is 9.36 Å². The van der Waals surface area contributed by atoms with Gasteiger partial charge in [0.2, 0.25) is 0 Å². The molecule has 0 fully saturated rings. The number of esters is 1. The van der Waals surface area contributed by atoms with Gasteiger partial charge in [0.15, 0.2) is 0 Å². The molecule has 0 aromatic heterocycles. The van der Waals surface area contributed by atoms with Crippen LogP contribution < -0.4 is 4.89 Å². The summed E-state index contributed by atoms with van der Waals surface area (Å²) in [7, 11) is 1.35. The van der Waals surface area contributed by atoms with Crippen LogP contribution >= 0.6 is 7.82 Å². The van der Waals surface area contributed by atoms with Crippen molar-refractivity contribution in [1.82, 2.24) is 0 Å². The van der Waals surface area contributed by atoms with E-state index in [9.17, 15) is 14.3 Å². The fourth-order valence-corrected chi connectivity index (χ4v) is 6.11. The van der Waals surface area contributed by atoms with E-state index < -0.39 is 13.9 Å². The summed E-state index contributed by atoms with van der Waals surface area (Å²) in [5.74, 6) is -0.386. The first kappa shape index (κ1) is 48.0. The zero-order chi connectivity index (χ0) is 36.3. The van der Waals surface area contributed by atoms with E-state index in [-0.39, 0.29) is 32.2 Å². The number of allylic oxidation sites excluding steroid dienone is 4. The normalized spacial score (nSPS) is 14.2. The fourth-order valence-electron chi connectivity index (χ4n) is 5.38. The first-order valence-corrected chi connectivity index (χ1v) is 21.5. The van der Waals surface area contributed by atoms with Gasteiger partial charge in [-0.05, 0) is 44.9 Å². The lowest BCUT2D eigenvalue weighted by atomic mass is 10.0. The largest absolute Gasteiger partial charge is 0.756 e. The highest BCUT2D eigenvalue weighted by Gasteiger charge is 2.20. The Bertz CT molecular complexity index is 843. The van der Waals surface area contributed by atoms with E-state index in [0.717, 1.165) is 19.3 Å². The number of ether oxygens (including phenoxy) is 2. The topological polar surface area (TPSA) is 94.1 Å². The molecule has 0 aliphatic heterocycles. The van der Waals surface area contributed by atoms with E-state index in [2.05, 4.69) is 31.2 Å². The molecule has 0 aromatic carbocycles. The highest BCUT2D eigenvalue weighted by molar-refractivity contribution is 7.45. The van der Waals surface area contributed by atoms with Gasteiger partial charge in [-0.15, -0.1) is 0 Å². The zero-order valence-electron chi connectivity index (χ0n) is 32.6. The SMILES string of the molecule is CCCCCCC/C=C\C/C=C\CCCCCCCCCCCCCCCCOCC(COP(=O)([O-])OCC[N+](C)(C)C)OC(=O)CCC. The van der Waals surface area contributed by atoms with Crippen molar-refractivity contribution in [1.29, 1.82) is 0 Å². The molecule has 0 radical (unpaired) electrons. The minimum absolute atomic E-state index is 0.0257. The number of phosphoric acid groups is 1. The molecule has 9 heteroatoms. The summed E-state index contributed by atoms with van der Waals surface area (Å²) in [6.07, 6.45) is 37.9. The predicted octanol–water partition coefficient (Wildman–Crippen LogP) is 10.6. The van der Waals surface area contributed by atoms with E-state index in [1.807, 2.05) is 28.1 Å². The van der Waals surface area contributed by atoms with Crippen LogP contribution in [0.15, 0.2) is 24.3 Å².